The fourth-order valence-electron chi connectivity index (χ4n) is 1.33. The maximum absolute atomic E-state index is 8.91. The second-order valence-corrected chi connectivity index (χ2v) is 3.76. The number of ether oxygens (including phenoxy) is 2. The van der Waals surface area contributed by atoms with Crippen LogP contribution in [0.25, 0.3) is 0 Å². The maximum Gasteiger partial charge on any atom is 0.488 e. The first-order chi connectivity index (χ1) is 8.24. The van der Waals surface area contributed by atoms with Crippen LogP contribution >= 0.6 is 0 Å². The van der Waals surface area contributed by atoms with Gasteiger partial charge in [0.05, 0.1) is 6.61 Å². The zero-order valence-electron chi connectivity index (χ0n) is 10.1. The van der Waals surface area contributed by atoms with Crippen LogP contribution in [0.5, 0.6) is 5.75 Å². The van der Waals surface area contributed by atoms with Gasteiger partial charge in [-0.05, 0) is 24.0 Å². The van der Waals surface area contributed by atoms with Crippen LogP contribution < -0.4 is 10.2 Å². The second kappa shape index (κ2) is 8.11. The Morgan fingerprint density at radius 1 is 1.06 bits per heavy atom. The first-order valence-electron chi connectivity index (χ1n) is 5.90. The summed E-state index contributed by atoms with van der Waals surface area (Å²) in [5.74, 6) is 0.727. The van der Waals surface area contributed by atoms with Gasteiger partial charge in [0.25, 0.3) is 0 Å². The van der Waals surface area contributed by atoms with E-state index in [0.29, 0.717) is 18.7 Å². The SMILES string of the molecule is CCCOCCCOc1ccc(B(O)O)cc1. The molecule has 0 spiro atoms. The van der Waals surface area contributed by atoms with Gasteiger partial charge in [0.2, 0.25) is 0 Å². The van der Waals surface area contributed by atoms with Crippen LogP contribution in [-0.2, 0) is 4.74 Å². The third-order valence-corrected chi connectivity index (χ3v) is 2.23. The van der Waals surface area contributed by atoms with Crippen molar-refractivity contribution in [3.8, 4) is 5.75 Å². The summed E-state index contributed by atoms with van der Waals surface area (Å²) in [6.45, 7) is 4.18. The summed E-state index contributed by atoms with van der Waals surface area (Å²) in [6.07, 6.45) is 1.89. The summed E-state index contributed by atoms with van der Waals surface area (Å²) in [6, 6.07) is 6.71. The molecule has 0 unspecified atom stereocenters. The van der Waals surface area contributed by atoms with Crippen LogP contribution in [0.15, 0.2) is 24.3 Å². The number of hydrogen-bond donors (Lipinski definition) is 2. The molecule has 0 aliphatic rings. The molecule has 1 aromatic rings. The van der Waals surface area contributed by atoms with Crippen molar-refractivity contribution in [1.82, 2.24) is 0 Å². The van der Waals surface area contributed by atoms with Crippen molar-refractivity contribution in [3.05, 3.63) is 24.3 Å². The summed E-state index contributed by atoms with van der Waals surface area (Å²) < 4.78 is 10.8. The lowest BCUT2D eigenvalue weighted by Gasteiger charge is -2.07. The average Bonchev–Trinajstić information content (AvgIpc) is 2.34. The molecule has 1 rings (SSSR count). The lowest BCUT2D eigenvalue weighted by atomic mass is 9.80. The second-order valence-electron chi connectivity index (χ2n) is 3.76. The molecular weight excluding hydrogens is 219 g/mol. The molecule has 0 saturated carbocycles. The van der Waals surface area contributed by atoms with Crippen molar-refractivity contribution in [2.45, 2.75) is 19.8 Å². The molecule has 0 amide bonds. The van der Waals surface area contributed by atoms with Crippen LogP contribution in [0, 0.1) is 0 Å². The van der Waals surface area contributed by atoms with Crippen molar-refractivity contribution in [1.29, 1.82) is 0 Å². The molecule has 0 atom stereocenters. The van der Waals surface area contributed by atoms with Gasteiger partial charge < -0.3 is 19.5 Å². The molecule has 94 valence electrons. The molecule has 0 aliphatic heterocycles. The molecule has 2 N–H and O–H groups in total. The van der Waals surface area contributed by atoms with Crippen LogP contribution in [0.3, 0.4) is 0 Å². The van der Waals surface area contributed by atoms with Gasteiger partial charge in [-0.25, -0.2) is 0 Å². The summed E-state index contributed by atoms with van der Waals surface area (Å²) >= 11 is 0. The highest BCUT2D eigenvalue weighted by molar-refractivity contribution is 6.58. The number of rotatable bonds is 8. The van der Waals surface area contributed by atoms with Gasteiger partial charge in [-0.1, -0.05) is 19.1 Å². The van der Waals surface area contributed by atoms with E-state index >= 15 is 0 Å². The zero-order valence-corrected chi connectivity index (χ0v) is 10.1. The van der Waals surface area contributed by atoms with Gasteiger partial charge in [0.1, 0.15) is 5.75 Å². The monoisotopic (exact) mass is 238 g/mol. The Balaban J connectivity index is 2.19. The first kappa shape index (κ1) is 14.0. The van der Waals surface area contributed by atoms with E-state index in [-0.39, 0.29) is 0 Å². The van der Waals surface area contributed by atoms with E-state index in [1.165, 1.54) is 0 Å². The Bertz CT molecular complexity index is 300. The highest BCUT2D eigenvalue weighted by Gasteiger charge is 2.09. The molecule has 5 heteroatoms. The van der Waals surface area contributed by atoms with Crippen molar-refractivity contribution in [3.63, 3.8) is 0 Å². The van der Waals surface area contributed by atoms with Gasteiger partial charge in [-0.3, -0.25) is 0 Å². The van der Waals surface area contributed by atoms with E-state index in [2.05, 4.69) is 6.92 Å². The lowest BCUT2D eigenvalue weighted by Crippen LogP contribution is -2.29. The number of hydrogen-bond acceptors (Lipinski definition) is 4. The maximum atomic E-state index is 8.91. The Morgan fingerprint density at radius 3 is 2.35 bits per heavy atom. The summed E-state index contributed by atoms with van der Waals surface area (Å²) in [5, 5.41) is 17.8. The van der Waals surface area contributed by atoms with Crippen LogP contribution in [0.1, 0.15) is 19.8 Å². The van der Waals surface area contributed by atoms with E-state index in [0.717, 1.165) is 25.2 Å². The largest absolute Gasteiger partial charge is 0.494 e. The fourth-order valence-corrected chi connectivity index (χ4v) is 1.33. The molecule has 0 saturated heterocycles. The van der Waals surface area contributed by atoms with Crippen LogP contribution in [0.2, 0.25) is 0 Å². The Kier molecular flexibility index (Phi) is 6.70. The molecule has 0 fully saturated rings. The Labute approximate surface area is 102 Å². The number of benzene rings is 1. The average molecular weight is 238 g/mol. The molecule has 4 nitrogen and oxygen atoms in total. The van der Waals surface area contributed by atoms with E-state index < -0.39 is 7.12 Å². The zero-order chi connectivity index (χ0) is 12.5. The molecule has 0 aromatic heterocycles. The van der Waals surface area contributed by atoms with E-state index in [1.807, 2.05) is 0 Å². The Morgan fingerprint density at radius 2 is 1.76 bits per heavy atom. The molecule has 17 heavy (non-hydrogen) atoms. The van der Waals surface area contributed by atoms with Crippen molar-refractivity contribution in [2.24, 2.45) is 0 Å². The minimum Gasteiger partial charge on any atom is -0.494 e. The normalized spacial score (nSPS) is 10.3. The minimum absolute atomic E-state index is 0.462. The molecule has 0 radical (unpaired) electrons. The third kappa shape index (κ3) is 5.72. The Hall–Kier alpha value is -1.04. The van der Waals surface area contributed by atoms with Crippen molar-refractivity contribution in [2.75, 3.05) is 19.8 Å². The summed E-state index contributed by atoms with van der Waals surface area (Å²) in [4.78, 5) is 0. The van der Waals surface area contributed by atoms with Gasteiger partial charge in [-0.15, -0.1) is 0 Å². The van der Waals surface area contributed by atoms with Gasteiger partial charge in [0.15, 0.2) is 0 Å². The molecule has 0 heterocycles. The van der Waals surface area contributed by atoms with Crippen molar-refractivity contribution >= 4 is 12.6 Å². The topological polar surface area (TPSA) is 58.9 Å². The standard InChI is InChI=1S/C12H19BO4/c1-2-8-16-9-3-10-17-12-6-4-11(5-7-12)13(14)15/h4-7,14-15H,2-3,8-10H2,1H3. The molecule has 0 aliphatic carbocycles. The predicted octanol–water partition coefficient (Wildman–Crippen LogP) is 0.562. The fraction of sp³-hybridized carbons (Fsp3) is 0.500. The highest BCUT2D eigenvalue weighted by Crippen LogP contribution is 2.07. The summed E-state index contributed by atoms with van der Waals surface area (Å²) in [7, 11) is -1.42. The highest BCUT2D eigenvalue weighted by atomic mass is 16.5. The summed E-state index contributed by atoms with van der Waals surface area (Å²) in [5.41, 5.74) is 0.462. The van der Waals surface area contributed by atoms with Crippen LogP contribution in [0.4, 0.5) is 0 Å². The predicted molar refractivity (Wildman–Crippen MR) is 67.5 cm³/mol. The quantitative estimate of drug-likeness (QED) is 0.513. The van der Waals surface area contributed by atoms with Gasteiger partial charge in [-0.2, -0.15) is 0 Å². The van der Waals surface area contributed by atoms with Gasteiger partial charge >= 0.3 is 7.12 Å². The molecule has 1 aromatic carbocycles. The lowest BCUT2D eigenvalue weighted by molar-refractivity contribution is 0.120. The van der Waals surface area contributed by atoms with Gasteiger partial charge in [0, 0.05) is 19.6 Å². The van der Waals surface area contributed by atoms with Crippen molar-refractivity contribution < 1.29 is 19.5 Å². The minimum atomic E-state index is -1.42. The molecule has 0 bridgehead atoms. The van der Waals surface area contributed by atoms with Crippen LogP contribution in [-0.4, -0.2) is 37.0 Å². The smallest absolute Gasteiger partial charge is 0.488 e. The first-order valence-corrected chi connectivity index (χ1v) is 5.90. The van der Waals surface area contributed by atoms with E-state index in [4.69, 9.17) is 19.5 Å². The van der Waals surface area contributed by atoms with E-state index in [9.17, 15) is 0 Å². The molecular formula is C12H19BO4. The van der Waals surface area contributed by atoms with E-state index in [1.54, 1.807) is 24.3 Å². The third-order valence-electron chi connectivity index (χ3n) is 2.23.